The number of rotatable bonds is 2. The van der Waals surface area contributed by atoms with Crippen molar-refractivity contribution in [1.29, 1.82) is 10.5 Å². The highest BCUT2D eigenvalue weighted by Gasteiger charge is 2.59. The van der Waals surface area contributed by atoms with E-state index in [1.165, 1.54) is 13.8 Å². The second-order valence-electron chi connectivity index (χ2n) is 34.5. The van der Waals surface area contributed by atoms with E-state index in [1.807, 2.05) is 0 Å². The molecular weight excluding hydrogens is 1160 g/mol. The standard InChI is InChI=1S/2C37H50O6.2C2H3N/c2*1-34(2)17-24-27(34)11-13-36(5)20(7-9-29(24)39)15-22-31(41)26(19-38)33-23(32(22)42-36)16-21-8-10-30(40)25-18-35(3,4)28(25)12-14-37(21,6)43-33;2*1-2-3/h2*19-21,24-25,27-28,41H,7-18H2,1-6H3;2*1H3/t2*20-,21-,24-,25-,27+,28+,36+,37+;;/m00../s1. The van der Waals surface area contributed by atoms with Crippen molar-refractivity contribution in [2.24, 2.45) is 92.7 Å². The first-order chi connectivity index (χ1) is 43.2. The molecule has 16 atom stereocenters. The summed E-state index contributed by atoms with van der Waals surface area (Å²) in [5.74, 6) is 6.25. The third kappa shape index (κ3) is 11.4. The molecule has 8 saturated carbocycles. The fraction of sp³-hybridized carbons (Fsp3) is 0.744. The number of Topliss-reactive ketones (excluding diaryl/α,β-unsaturated/α-hetero) is 4. The first-order valence-electron chi connectivity index (χ1n) is 35.4. The smallest absolute Gasteiger partial charge is 0.157 e. The first-order valence-corrected chi connectivity index (χ1v) is 35.4. The minimum absolute atomic E-state index is 0.0290. The minimum Gasteiger partial charge on any atom is -0.507 e. The van der Waals surface area contributed by atoms with Crippen LogP contribution >= 0.6 is 0 Å². The second kappa shape index (κ2) is 24.2. The van der Waals surface area contributed by atoms with Gasteiger partial charge in [0.1, 0.15) is 80.0 Å². The number of hydrogen-bond donors (Lipinski definition) is 2. The minimum atomic E-state index is -0.531. The van der Waals surface area contributed by atoms with Gasteiger partial charge >= 0.3 is 0 Å². The number of phenolic OH excluding ortho intramolecular Hbond substituents is 2. The highest BCUT2D eigenvalue weighted by atomic mass is 16.5. The van der Waals surface area contributed by atoms with Crippen molar-refractivity contribution >= 4 is 35.7 Å². The maximum atomic E-state index is 13.3. The zero-order valence-electron chi connectivity index (χ0n) is 57.9. The fourth-order valence-electron chi connectivity index (χ4n) is 21.3. The molecule has 2 aromatic carbocycles. The van der Waals surface area contributed by atoms with Crippen LogP contribution in [0.1, 0.15) is 268 Å². The molecule has 14 heteroatoms. The third-order valence-corrected chi connectivity index (χ3v) is 27.4. The average Bonchev–Trinajstić information content (AvgIpc) is 1.07. The van der Waals surface area contributed by atoms with Gasteiger partial charge in [0.05, 0.1) is 23.3 Å². The molecule has 2 N–H and O–H groups in total. The van der Waals surface area contributed by atoms with Crippen molar-refractivity contribution in [2.75, 3.05) is 0 Å². The van der Waals surface area contributed by atoms with E-state index in [1.54, 1.807) is 12.1 Å². The van der Waals surface area contributed by atoms with Gasteiger partial charge in [-0.1, -0.05) is 55.4 Å². The monoisotopic (exact) mass is 1260 g/mol. The summed E-state index contributed by atoms with van der Waals surface area (Å²) >= 11 is 0. The van der Waals surface area contributed by atoms with E-state index >= 15 is 0 Å². The molecule has 14 rings (SSSR count). The Morgan fingerprint density at radius 3 is 0.815 bits per heavy atom. The topological polar surface area (TPSA) is 227 Å². The molecule has 8 aliphatic carbocycles. The predicted octanol–water partition coefficient (Wildman–Crippen LogP) is 15.9. The largest absolute Gasteiger partial charge is 0.507 e. The lowest BCUT2D eigenvalue weighted by molar-refractivity contribution is -0.137. The molecule has 0 unspecified atom stereocenters. The number of nitriles is 2. The van der Waals surface area contributed by atoms with Crippen LogP contribution < -0.4 is 18.9 Å². The van der Waals surface area contributed by atoms with Crippen molar-refractivity contribution in [1.82, 2.24) is 0 Å². The molecule has 0 amide bonds. The second-order valence-corrected chi connectivity index (χ2v) is 34.5. The summed E-state index contributed by atoms with van der Waals surface area (Å²) in [5.41, 5.74) is 2.20. The summed E-state index contributed by atoms with van der Waals surface area (Å²) in [6, 6.07) is 3.50. The van der Waals surface area contributed by atoms with E-state index in [9.17, 15) is 39.0 Å². The van der Waals surface area contributed by atoms with Crippen LogP contribution in [0.15, 0.2) is 0 Å². The van der Waals surface area contributed by atoms with Crippen molar-refractivity contribution < 1.29 is 57.9 Å². The van der Waals surface area contributed by atoms with Crippen LogP contribution in [0.4, 0.5) is 0 Å². The molecule has 2 aromatic rings. The molecule has 0 radical (unpaired) electrons. The van der Waals surface area contributed by atoms with Crippen LogP contribution in [-0.4, -0.2) is 68.3 Å². The van der Waals surface area contributed by atoms with Gasteiger partial charge in [0.15, 0.2) is 12.6 Å². The van der Waals surface area contributed by atoms with E-state index in [-0.39, 0.29) is 91.6 Å². The normalized spacial score (nSPS) is 38.4. The number of benzene rings is 2. The molecule has 500 valence electrons. The van der Waals surface area contributed by atoms with Gasteiger partial charge in [0.25, 0.3) is 0 Å². The number of carbonyl (C=O) groups is 6. The van der Waals surface area contributed by atoms with Crippen LogP contribution in [-0.2, 0) is 44.9 Å². The zero-order valence-corrected chi connectivity index (χ0v) is 57.9. The summed E-state index contributed by atoms with van der Waals surface area (Å²) in [7, 11) is 0. The summed E-state index contributed by atoms with van der Waals surface area (Å²) < 4.78 is 27.9. The molecule has 0 bridgehead atoms. The Morgan fingerprint density at radius 1 is 0.380 bits per heavy atom. The molecular formula is C78H106N2O12. The number of carbonyl (C=O) groups excluding carboxylic acids is 6. The summed E-state index contributed by atoms with van der Waals surface area (Å²) in [6.45, 7) is 29.8. The molecule has 0 saturated heterocycles. The molecule has 0 spiro atoms. The number of ketones is 4. The Bertz CT molecular complexity index is 3190. The predicted molar refractivity (Wildman–Crippen MR) is 350 cm³/mol. The molecule has 8 fully saturated rings. The van der Waals surface area contributed by atoms with E-state index in [0.29, 0.717) is 132 Å². The van der Waals surface area contributed by atoms with Gasteiger partial charge in [0, 0.05) is 109 Å². The fourth-order valence-corrected chi connectivity index (χ4v) is 21.3. The third-order valence-electron chi connectivity index (χ3n) is 27.4. The number of hydrogen-bond acceptors (Lipinski definition) is 14. The van der Waals surface area contributed by atoms with Gasteiger partial charge in [-0.05, 0) is 201 Å². The van der Waals surface area contributed by atoms with Gasteiger partial charge in [-0.3, -0.25) is 28.8 Å². The molecule has 92 heavy (non-hydrogen) atoms. The average molecular weight is 1260 g/mol. The summed E-state index contributed by atoms with van der Waals surface area (Å²) in [4.78, 5) is 78.2. The summed E-state index contributed by atoms with van der Waals surface area (Å²) in [6.07, 6.45) is 20.1. The lowest BCUT2D eigenvalue weighted by Crippen LogP contribution is -2.50. The van der Waals surface area contributed by atoms with Crippen LogP contribution in [0.5, 0.6) is 34.5 Å². The Balaban J connectivity index is 0.000000174. The molecule has 4 heterocycles. The first kappa shape index (κ1) is 67.7. The number of aromatic hydroxyl groups is 2. The van der Waals surface area contributed by atoms with Gasteiger partial charge in [0.2, 0.25) is 0 Å². The van der Waals surface area contributed by atoms with Crippen LogP contribution in [0.25, 0.3) is 0 Å². The van der Waals surface area contributed by atoms with Gasteiger partial charge in [-0.25, -0.2) is 0 Å². The molecule has 12 aliphatic rings. The maximum Gasteiger partial charge on any atom is 0.157 e. The Labute approximate surface area is 547 Å². The van der Waals surface area contributed by atoms with Crippen LogP contribution in [0.3, 0.4) is 0 Å². The Hall–Kier alpha value is -5.76. The van der Waals surface area contributed by atoms with Crippen molar-refractivity contribution in [3.63, 3.8) is 0 Å². The SMILES string of the molecule is CC#N.CC#N.CC1(C)C[C@@H]2C(=O)CC[C@H]3Cc4c(c(C=O)c(O)c5c4O[C@]4(C)CC[C@@H]6[C@H](CC6(C)C)C(=O)CC[C@H]4C5)O[C@]3(C)CC[C@H]21.CC1(C)C[C@@H]2C(=O)CC[C@H]3Cc4c(c(C=O)c(O)c5c4O[C@]4(C)CC[C@@H]6[C@H](CC6(C)C)C(=O)CC[C@H]4C5)O[C@]3(C)CC[C@H]21. The van der Waals surface area contributed by atoms with E-state index < -0.39 is 22.4 Å². The number of aldehydes is 2. The van der Waals surface area contributed by atoms with Gasteiger partial charge in [-0.2, -0.15) is 10.5 Å². The number of nitrogens with zero attached hydrogens (tertiary/aromatic N) is 2. The highest BCUT2D eigenvalue weighted by Crippen LogP contribution is 2.64. The van der Waals surface area contributed by atoms with E-state index in [2.05, 4.69) is 83.1 Å². The van der Waals surface area contributed by atoms with E-state index in [0.717, 1.165) is 126 Å². The van der Waals surface area contributed by atoms with Crippen molar-refractivity contribution in [2.45, 2.75) is 273 Å². The summed E-state index contributed by atoms with van der Waals surface area (Å²) in [5, 5.41) is 37.8. The lowest BCUT2D eigenvalue weighted by atomic mass is 9.53. The maximum absolute atomic E-state index is 13.3. The zero-order chi connectivity index (χ0) is 66.8. The van der Waals surface area contributed by atoms with Crippen molar-refractivity contribution in [3.8, 4) is 46.6 Å². The Kier molecular flexibility index (Phi) is 17.8. The van der Waals surface area contributed by atoms with Gasteiger partial charge < -0.3 is 29.2 Å². The van der Waals surface area contributed by atoms with Crippen LogP contribution in [0.2, 0.25) is 0 Å². The quantitative estimate of drug-likeness (QED) is 0.267. The number of phenols is 2. The van der Waals surface area contributed by atoms with Crippen molar-refractivity contribution in [3.05, 3.63) is 33.4 Å². The Morgan fingerprint density at radius 2 is 0.598 bits per heavy atom. The number of ether oxygens (including phenoxy) is 4. The lowest BCUT2D eigenvalue weighted by Gasteiger charge is -2.52. The molecule has 14 nitrogen and oxygen atoms in total. The number of fused-ring (bicyclic) bond motifs is 14. The van der Waals surface area contributed by atoms with Gasteiger partial charge in [-0.15, -0.1) is 0 Å². The molecule has 0 aromatic heterocycles. The van der Waals surface area contributed by atoms with Crippen LogP contribution in [0, 0.1) is 115 Å². The highest BCUT2D eigenvalue weighted by molar-refractivity contribution is 5.89. The van der Waals surface area contributed by atoms with E-state index in [4.69, 9.17) is 29.5 Å². The molecule has 4 aliphatic heterocycles.